The van der Waals surface area contributed by atoms with Crippen LogP contribution in [0.4, 0.5) is 4.39 Å². The summed E-state index contributed by atoms with van der Waals surface area (Å²) in [6.07, 6.45) is 0. The van der Waals surface area contributed by atoms with Crippen LogP contribution in [-0.2, 0) is 10.0 Å². The number of hydrogen-bond donors (Lipinski definition) is 1. The summed E-state index contributed by atoms with van der Waals surface area (Å²) in [4.78, 5) is 13.0. The van der Waals surface area contributed by atoms with Gasteiger partial charge in [-0.3, -0.25) is 9.10 Å². The predicted octanol–water partition coefficient (Wildman–Crippen LogP) is 4.11. The van der Waals surface area contributed by atoms with E-state index in [0.29, 0.717) is 0 Å². The fraction of sp³-hybridized carbons (Fsp3) is 0.0952. The van der Waals surface area contributed by atoms with E-state index in [9.17, 15) is 22.7 Å². The number of sulfonamides is 1. The Morgan fingerprint density at radius 3 is 2.46 bits per heavy atom. The highest BCUT2D eigenvalue weighted by atomic mass is 32.2. The molecule has 5 nitrogen and oxygen atoms in total. The molecular weight excluding hydrogens is 381 g/mol. The van der Waals surface area contributed by atoms with Crippen molar-refractivity contribution in [1.82, 2.24) is 4.31 Å². The summed E-state index contributed by atoms with van der Waals surface area (Å²) in [6.45, 7) is 1.50. The lowest BCUT2D eigenvalue weighted by Crippen LogP contribution is -2.38. The highest BCUT2D eigenvalue weighted by Crippen LogP contribution is 2.37. The zero-order chi connectivity index (χ0) is 20.1. The zero-order valence-corrected chi connectivity index (χ0v) is 15.7. The van der Waals surface area contributed by atoms with E-state index in [-0.39, 0.29) is 28.3 Å². The van der Waals surface area contributed by atoms with Gasteiger partial charge in [0.15, 0.2) is 5.76 Å². The number of halogens is 1. The number of likely N-dealkylation sites (N-methyl/N-ethyl adjacent to an activating group) is 1. The molecule has 1 N–H and O–H groups in total. The monoisotopic (exact) mass is 397 g/mol. The van der Waals surface area contributed by atoms with Crippen LogP contribution in [0.15, 0.2) is 71.3 Å². The maximum atomic E-state index is 13.7. The van der Waals surface area contributed by atoms with Crippen LogP contribution in [0.1, 0.15) is 22.8 Å². The van der Waals surface area contributed by atoms with Gasteiger partial charge in [-0.05, 0) is 42.0 Å². The molecule has 0 fully saturated rings. The number of carbonyl (C=O) groups is 1. The molecule has 0 aliphatic carbocycles. The Kier molecular flexibility index (Phi) is 4.19. The number of benzene rings is 3. The van der Waals surface area contributed by atoms with Gasteiger partial charge >= 0.3 is 0 Å². The van der Waals surface area contributed by atoms with Crippen molar-refractivity contribution in [2.24, 2.45) is 0 Å². The second kappa shape index (κ2) is 6.45. The molecule has 1 aliphatic rings. The van der Waals surface area contributed by atoms with Crippen molar-refractivity contribution in [2.45, 2.75) is 11.8 Å². The van der Waals surface area contributed by atoms with Crippen LogP contribution in [-0.4, -0.2) is 30.2 Å². The lowest BCUT2D eigenvalue weighted by atomic mass is 10.0. The first-order chi connectivity index (χ1) is 13.3. The van der Waals surface area contributed by atoms with E-state index in [0.717, 1.165) is 33.3 Å². The molecule has 4 rings (SSSR count). The Labute approximate surface area is 161 Å². The van der Waals surface area contributed by atoms with Gasteiger partial charge in [0, 0.05) is 17.7 Å². The van der Waals surface area contributed by atoms with Gasteiger partial charge in [-0.2, -0.15) is 0 Å². The van der Waals surface area contributed by atoms with Gasteiger partial charge in [0.1, 0.15) is 11.5 Å². The topological polar surface area (TPSA) is 74.7 Å². The molecule has 1 heterocycles. The van der Waals surface area contributed by atoms with Crippen molar-refractivity contribution in [2.75, 3.05) is 6.54 Å². The van der Waals surface area contributed by atoms with E-state index in [1.165, 1.54) is 0 Å². The number of hydrogen-bond acceptors (Lipinski definition) is 4. The van der Waals surface area contributed by atoms with Gasteiger partial charge < -0.3 is 5.11 Å². The molecule has 142 valence electrons. The number of nitrogens with zero attached hydrogens (tertiary/aromatic N) is 1. The summed E-state index contributed by atoms with van der Waals surface area (Å²) in [5, 5.41) is 12.4. The van der Waals surface area contributed by atoms with Crippen LogP contribution in [0.3, 0.4) is 0 Å². The average molecular weight is 397 g/mol. The second-order valence-corrected chi connectivity index (χ2v) is 8.23. The Balaban J connectivity index is 1.94. The largest absolute Gasteiger partial charge is 0.505 e. The van der Waals surface area contributed by atoms with Gasteiger partial charge in [-0.25, -0.2) is 12.8 Å². The van der Waals surface area contributed by atoms with Crippen molar-refractivity contribution in [3.05, 3.63) is 83.3 Å². The molecule has 28 heavy (non-hydrogen) atoms. The Morgan fingerprint density at radius 2 is 1.75 bits per heavy atom. The second-order valence-electron chi connectivity index (χ2n) is 6.40. The van der Waals surface area contributed by atoms with Crippen LogP contribution in [0.25, 0.3) is 16.5 Å². The van der Waals surface area contributed by atoms with Crippen LogP contribution in [0.2, 0.25) is 0 Å². The van der Waals surface area contributed by atoms with Gasteiger partial charge in [0.2, 0.25) is 5.78 Å². The van der Waals surface area contributed by atoms with E-state index in [1.54, 1.807) is 25.1 Å². The lowest BCUT2D eigenvalue weighted by molar-refractivity contribution is 0.101. The molecule has 0 atom stereocenters. The van der Waals surface area contributed by atoms with Gasteiger partial charge in [0.05, 0.1) is 4.90 Å². The quantitative estimate of drug-likeness (QED) is 0.675. The number of allylic oxidation sites excluding steroid dienone is 1. The third kappa shape index (κ3) is 2.66. The summed E-state index contributed by atoms with van der Waals surface area (Å²) in [5.41, 5.74) is -0.363. The number of aliphatic hydroxyl groups excluding tert-OH is 1. The summed E-state index contributed by atoms with van der Waals surface area (Å²) in [5.74, 6) is -1.91. The van der Waals surface area contributed by atoms with Crippen molar-refractivity contribution in [3.8, 4) is 0 Å². The molecule has 7 heteroatoms. The third-order valence-corrected chi connectivity index (χ3v) is 6.69. The molecule has 0 radical (unpaired) electrons. The normalized spacial score (nSPS) is 15.6. The first kappa shape index (κ1) is 18.2. The molecule has 0 unspecified atom stereocenters. The Morgan fingerprint density at radius 1 is 1.04 bits per heavy atom. The van der Waals surface area contributed by atoms with Crippen molar-refractivity contribution in [1.29, 1.82) is 0 Å². The summed E-state index contributed by atoms with van der Waals surface area (Å²) >= 11 is 0. The molecule has 1 aliphatic heterocycles. The average Bonchev–Trinajstić information content (AvgIpc) is 2.69. The molecule has 0 aromatic heterocycles. The number of fused-ring (bicyclic) bond motifs is 2. The number of aliphatic hydroxyl groups is 1. The van der Waals surface area contributed by atoms with Gasteiger partial charge in [-0.1, -0.05) is 36.4 Å². The van der Waals surface area contributed by atoms with Crippen LogP contribution < -0.4 is 0 Å². The highest BCUT2D eigenvalue weighted by molar-refractivity contribution is 7.89. The zero-order valence-electron chi connectivity index (χ0n) is 14.9. The van der Waals surface area contributed by atoms with Gasteiger partial charge in [-0.15, -0.1) is 0 Å². The first-order valence-corrected chi connectivity index (χ1v) is 10.1. The molecule has 3 aromatic rings. The predicted molar refractivity (Wildman–Crippen MR) is 104 cm³/mol. The van der Waals surface area contributed by atoms with Crippen LogP contribution >= 0.6 is 0 Å². The van der Waals surface area contributed by atoms with Gasteiger partial charge in [0.25, 0.3) is 10.0 Å². The molecule has 0 saturated carbocycles. The third-order valence-electron chi connectivity index (χ3n) is 4.75. The number of Topliss-reactive ketones (excluding diaryl/α,β-unsaturated/α-hetero) is 1. The Hall–Kier alpha value is -3.19. The first-order valence-electron chi connectivity index (χ1n) is 8.64. The lowest BCUT2D eigenvalue weighted by Gasteiger charge is -2.30. The van der Waals surface area contributed by atoms with E-state index in [4.69, 9.17) is 0 Å². The highest BCUT2D eigenvalue weighted by Gasteiger charge is 2.39. The number of carbonyl (C=O) groups excluding carboxylic acids is 1. The summed E-state index contributed by atoms with van der Waals surface area (Å²) in [6, 6.07) is 15.4. The van der Waals surface area contributed by atoms with E-state index in [1.807, 2.05) is 24.3 Å². The minimum atomic E-state index is -4.10. The molecule has 0 bridgehead atoms. The van der Waals surface area contributed by atoms with E-state index >= 15 is 0 Å². The maximum Gasteiger partial charge on any atom is 0.265 e. The standard InChI is InChI=1S/C21H16FNO4S/c1-2-23-19(20(24)15-8-7-13-5-3-4-6-14(13)11-15)21(25)17-12-16(22)9-10-18(17)28(23,26)27/h3-12,25H,2H2,1H3. The van der Waals surface area contributed by atoms with Crippen molar-refractivity contribution >= 4 is 32.3 Å². The number of rotatable bonds is 3. The SMILES string of the molecule is CCN1C(C(=O)c2ccc3ccccc3c2)=C(O)c2cc(F)ccc2S1(=O)=O. The van der Waals surface area contributed by atoms with E-state index < -0.39 is 27.4 Å². The summed E-state index contributed by atoms with van der Waals surface area (Å²) in [7, 11) is -4.10. The fourth-order valence-electron chi connectivity index (χ4n) is 3.41. The van der Waals surface area contributed by atoms with Crippen molar-refractivity contribution < 1.29 is 22.7 Å². The molecule has 0 amide bonds. The minimum Gasteiger partial charge on any atom is -0.505 e. The Bertz CT molecular complexity index is 1260. The number of ketones is 1. The van der Waals surface area contributed by atoms with Crippen molar-refractivity contribution in [3.63, 3.8) is 0 Å². The maximum absolute atomic E-state index is 13.7. The molecule has 0 spiro atoms. The molecule has 3 aromatic carbocycles. The van der Waals surface area contributed by atoms with E-state index in [2.05, 4.69) is 0 Å². The smallest absolute Gasteiger partial charge is 0.265 e. The summed E-state index contributed by atoms with van der Waals surface area (Å²) < 4.78 is 40.5. The molecular formula is C21H16FNO4S. The minimum absolute atomic E-state index is 0.0577. The van der Waals surface area contributed by atoms with Crippen LogP contribution in [0, 0.1) is 5.82 Å². The van der Waals surface area contributed by atoms with Crippen LogP contribution in [0.5, 0.6) is 0 Å². The molecule has 0 saturated heterocycles. The fourth-order valence-corrected chi connectivity index (χ4v) is 5.07.